The number of aromatic nitrogens is 3. The summed E-state index contributed by atoms with van der Waals surface area (Å²) in [6.45, 7) is 1.87. The molecule has 0 bridgehead atoms. The predicted molar refractivity (Wildman–Crippen MR) is 64.6 cm³/mol. The van der Waals surface area contributed by atoms with E-state index in [1.807, 2.05) is 25.1 Å². The quantitative estimate of drug-likeness (QED) is 0.703. The second-order valence-corrected chi connectivity index (χ2v) is 3.99. The summed E-state index contributed by atoms with van der Waals surface area (Å²) in [5, 5.41) is 8.09. The Hall–Kier alpha value is -2.30. The van der Waals surface area contributed by atoms with Crippen molar-refractivity contribution in [1.29, 1.82) is 0 Å². The topological polar surface area (TPSA) is 80.7 Å². The Labute approximate surface area is 97.7 Å². The van der Waals surface area contributed by atoms with Gasteiger partial charge in [0.1, 0.15) is 5.76 Å². The van der Waals surface area contributed by atoms with E-state index in [9.17, 15) is 0 Å². The molecule has 86 valence electrons. The minimum Gasteiger partial charge on any atom is -0.469 e. The number of aromatic amines is 1. The first-order valence-electron chi connectivity index (χ1n) is 5.36. The number of H-pyrrole nitrogens is 1. The highest BCUT2D eigenvalue weighted by Crippen LogP contribution is 2.21. The Morgan fingerprint density at radius 3 is 3.12 bits per heavy atom. The van der Waals surface area contributed by atoms with Gasteiger partial charge in [0.25, 0.3) is 0 Å². The van der Waals surface area contributed by atoms with Gasteiger partial charge in [0.15, 0.2) is 5.65 Å². The molecule has 3 aromatic heterocycles. The van der Waals surface area contributed by atoms with Crippen molar-refractivity contribution in [2.45, 2.75) is 13.3 Å². The van der Waals surface area contributed by atoms with E-state index in [-0.39, 0.29) is 0 Å². The number of hydrogen-bond acceptors (Lipinski definition) is 4. The fraction of sp³-hybridized carbons (Fsp3) is 0.167. The number of rotatable bonds is 2. The zero-order chi connectivity index (χ0) is 11.8. The minimum absolute atomic E-state index is 0.660. The van der Waals surface area contributed by atoms with Gasteiger partial charge in [0.2, 0.25) is 0 Å². The van der Waals surface area contributed by atoms with Crippen molar-refractivity contribution in [3.8, 4) is 0 Å². The number of fused-ring (bicyclic) bond motifs is 1. The third-order valence-corrected chi connectivity index (χ3v) is 2.79. The van der Waals surface area contributed by atoms with Crippen molar-refractivity contribution in [2.24, 2.45) is 0 Å². The molecule has 0 aliphatic heterocycles. The van der Waals surface area contributed by atoms with E-state index in [0.717, 1.165) is 22.5 Å². The summed E-state index contributed by atoms with van der Waals surface area (Å²) in [5.41, 5.74) is 9.00. The number of furan rings is 1. The maximum atomic E-state index is 5.86. The van der Waals surface area contributed by atoms with E-state index in [2.05, 4.69) is 15.2 Å². The third kappa shape index (κ3) is 1.65. The monoisotopic (exact) mass is 228 g/mol. The van der Waals surface area contributed by atoms with Gasteiger partial charge in [-0.05, 0) is 25.1 Å². The first-order valence-corrected chi connectivity index (χ1v) is 5.36. The summed E-state index contributed by atoms with van der Waals surface area (Å²) in [6.07, 6.45) is 2.32. The van der Waals surface area contributed by atoms with Crippen molar-refractivity contribution >= 4 is 16.7 Å². The van der Waals surface area contributed by atoms with Crippen LogP contribution in [-0.2, 0) is 6.42 Å². The average molecular weight is 228 g/mol. The average Bonchev–Trinajstić information content (AvgIpc) is 2.92. The molecule has 0 saturated heterocycles. The lowest BCUT2D eigenvalue weighted by molar-refractivity contribution is 0.519. The van der Waals surface area contributed by atoms with Crippen LogP contribution in [0.3, 0.4) is 0 Å². The molecule has 3 aromatic rings. The number of pyridine rings is 1. The van der Waals surface area contributed by atoms with Crippen LogP contribution >= 0.6 is 0 Å². The molecule has 0 saturated carbocycles. The van der Waals surface area contributed by atoms with E-state index in [4.69, 9.17) is 10.2 Å². The molecule has 0 aliphatic carbocycles. The van der Waals surface area contributed by atoms with Crippen LogP contribution in [0.2, 0.25) is 0 Å². The van der Waals surface area contributed by atoms with Crippen molar-refractivity contribution < 1.29 is 4.42 Å². The molecule has 0 fully saturated rings. The molecule has 5 nitrogen and oxygen atoms in total. The largest absolute Gasteiger partial charge is 0.469 e. The van der Waals surface area contributed by atoms with E-state index < -0.39 is 0 Å². The number of nitrogens with one attached hydrogen (secondary N) is 1. The summed E-state index contributed by atoms with van der Waals surface area (Å²) in [7, 11) is 0. The van der Waals surface area contributed by atoms with Gasteiger partial charge < -0.3 is 10.2 Å². The smallest absolute Gasteiger partial charge is 0.181 e. The Bertz CT molecular complexity index is 655. The molecule has 0 unspecified atom stereocenters. The molecule has 0 spiro atoms. The van der Waals surface area contributed by atoms with Crippen LogP contribution in [0.5, 0.6) is 0 Å². The van der Waals surface area contributed by atoms with Gasteiger partial charge in [-0.2, -0.15) is 5.10 Å². The lowest BCUT2D eigenvalue weighted by atomic mass is 10.1. The van der Waals surface area contributed by atoms with Gasteiger partial charge >= 0.3 is 0 Å². The molecule has 0 aliphatic rings. The van der Waals surface area contributed by atoms with Gasteiger partial charge in [0, 0.05) is 11.8 Å². The lowest BCUT2D eigenvalue weighted by Crippen LogP contribution is -1.93. The zero-order valence-electron chi connectivity index (χ0n) is 9.40. The number of hydrogen-bond donors (Lipinski definition) is 2. The lowest BCUT2D eigenvalue weighted by Gasteiger charge is -1.99. The Morgan fingerprint density at radius 1 is 1.47 bits per heavy atom. The van der Waals surface area contributed by atoms with E-state index in [1.54, 1.807) is 6.26 Å². The summed E-state index contributed by atoms with van der Waals surface area (Å²) in [6, 6.07) is 5.70. The maximum Gasteiger partial charge on any atom is 0.181 e. The fourth-order valence-corrected chi connectivity index (χ4v) is 1.82. The van der Waals surface area contributed by atoms with Crippen molar-refractivity contribution in [3.63, 3.8) is 0 Å². The second kappa shape index (κ2) is 3.62. The van der Waals surface area contributed by atoms with Crippen molar-refractivity contribution in [1.82, 2.24) is 15.2 Å². The van der Waals surface area contributed by atoms with Crippen LogP contribution in [-0.4, -0.2) is 15.2 Å². The van der Waals surface area contributed by atoms with Gasteiger partial charge in [-0.3, -0.25) is 5.10 Å². The Balaban J connectivity index is 2.08. The molecular weight excluding hydrogens is 216 g/mol. The van der Waals surface area contributed by atoms with E-state index in [0.29, 0.717) is 17.8 Å². The molecule has 3 N–H and O–H groups in total. The van der Waals surface area contributed by atoms with Crippen LogP contribution in [0, 0.1) is 6.92 Å². The number of nitrogen functional groups attached to an aromatic ring is 1. The molecule has 0 radical (unpaired) electrons. The van der Waals surface area contributed by atoms with Gasteiger partial charge in [0.05, 0.1) is 23.3 Å². The van der Waals surface area contributed by atoms with Gasteiger partial charge in [-0.25, -0.2) is 4.98 Å². The standard InChI is InChI=1S/C12H12N4O/c1-7-10(13)6-9-11(15-16-12(9)14-7)5-8-3-2-4-17-8/h2-4,6H,5,13H2,1H3,(H,14,15,16). The fourth-order valence-electron chi connectivity index (χ4n) is 1.82. The van der Waals surface area contributed by atoms with Crippen LogP contribution < -0.4 is 5.73 Å². The van der Waals surface area contributed by atoms with Crippen molar-refractivity contribution in [3.05, 3.63) is 41.6 Å². The Morgan fingerprint density at radius 2 is 2.35 bits per heavy atom. The SMILES string of the molecule is Cc1nc2n[nH]c(Cc3ccco3)c2cc1N. The number of aryl methyl sites for hydroxylation is 1. The summed E-state index contributed by atoms with van der Waals surface area (Å²) in [5.74, 6) is 0.884. The highest BCUT2D eigenvalue weighted by Gasteiger charge is 2.10. The second-order valence-electron chi connectivity index (χ2n) is 3.99. The van der Waals surface area contributed by atoms with Crippen LogP contribution in [0.1, 0.15) is 17.1 Å². The highest BCUT2D eigenvalue weighted by molar-refractivity contribution is 5.81. The van der Waals surface area contributed by atoms with Crippen LogP contribution in [0.4, 0.5) is 5.69 Å². The molecule has 0 amide bonds. The summed E-state index contributed by atoms with van der Waals surface area (Å²) >= 11 is 0. The van der Waals surface area contributed by atoms with E-state index >= 15 is 0 Å². The van der Waals surface area contributed by atoms with Gasteiger partial charge in [-0.1, -0.05) is 0 Å². The van der Waals surface area contributed by atoms with Gasteiger partial charge in [-0.15, -0.1) is 0 Å². The zero-order valence-corrected chi connectivity index (χ0v) is 9.40. The first kappa shape index (κ1) is 9.89. The number of nitrogens with zero attached hydrogens (tertiary/aromatic N) is 2. The number of anilines is 1. The summed E-state index contributed by atoms with van der Waals surface area (Å²) < 4.78 is 5.31. The number of nitrogens with two attached hydrogens (primary N) is 1. The van der Waals surface area contributed by atoms with Crippen LogP contribution in [0.15, 0.2) is 28.9 Å². The Kier molecular flexibility index (Phi) is 2.11. The molecule has 17 heavy (non-hydrogen) atoms. The molecule has 5 heteroatoms. The minimum atomic E-state index is 0.660. The molecule has 3 heterocycles. The first-order chi connectivity index (χ1) is 8.24. The predicted octanol–water partition coefficient (Wildman–Crippen LogP) is 2.03. The van der Waals surface area contributed by atoms with Crippen LogP contribution in [0.25, 0.3) is 11.0 Å². The molecule has 0 aromatic carbocycles. The normalized spacial score (nSPS) is 11.1. The summed E-state index contributed by atoms with van der Waals surface area (Å²) in [4.78, 5) is 4.33. The van der Waals surface area contributed by atoms with Crippen molar-refractivity contribution in [2.75, 3.05) is 5.73 Å². The molecule has 3 rings (SSSR count). The van der Waals surface area contributed by atoms with E-state index in [1.165, 1.54) is 0 Å². The maximum absolute atomic E-state index is 5.86. The molecular formula is C12H12N4O. The third-order valence-electron chi connectivity index (χ3n) is 2.79. The molecule has 0 atom stereocenters. The highest BCUT2D eigenvalue weighted by atomic mass is 16.3.